The van der Waals surface area contributed by atoms with Crippen molar-refractivity contribution in [2.24, 2.45) is 0 Å². The van der Waals surface area contributed by atoms with Gasteiger partial charge in [-0.3, -0.25) is 4.79 Å². The van der Waals surface area contributed by atoms with Crippen LogP contribution in [0, 0.1) is 0 Å². The standard InChI is InChI=1S/C16H21N3O5/c1-5-23-13(20)8-9-19-15(22)18-10-11(6-7-12(18)17-19)14(21)24-16(2,3)4/h6-7,10H,5,8-9H2,1-4H3. The lowest BCUT2D eigenvalue weighted by atomic mass is 10.2. The first-order valence-corrected chi connectivity index (χ1v) is 7.69. The summed E-state index contributed by atoms with van der Waals surface area (Å²) in [5, 5.41) is 4.13. The smallest absolute Gasteiger partial charge is 0.350 e. The molecule has 0 saturated carbocycles. The van der Waals surface area contributed by atoms with Gasteiger partial charge in [-0.05, 0) is 39.8 Å². The number of esters is 2. The van der Waals surface area contributed by atoms with E-state index in [1.54, 1.807) is 39.8 Å². The highest BCUT2D eigenvalue weighted by Gasteiger charge is 2.19. The van der Waals surface area contributed by atoms with Gasteiger partial charge in [-0.2, -0.15) is 0 Å². The van der Waals surface area contributed by atoms with Gasteiger partial charge in [0.15, 0.2) is 5.65 Å². The molecule has 0 N–H and O–H groups in total. The first-order valence-electron chi connectivity index (χ1n) is 7.69. The molecule has 24 heavy (non-hydrogen) atoms. The Hall–Kier alpha value is -2.64. The van der Waals surface area contributed by atoms with E-state index in [1.807, 2.05) is 0 Å². The minimum absolute atomic E-state index is 0.0521. The molecule has 2 heterocycles. The molecule has 0 aliphatic heterocycles. The second-order valence-corrected chi connectivity index (χ2v) is 6.21. The number of pyridine rings is 1. The molecule has 0 spiro atoms. The molecule has 0 bridgehead atoms. The quantitative estimate of drug-likeness (QED) is 0.767. The van der Waals surface area contributed by atoms with Gasteiger partial charge in [0.25, 0.3) is 0 Å². The Bertz CT molecular complexity index is 813. The minimum Gasteiger partial charge on any atom is -0.466 e. The molecule has 2 aromatic rings. The molecule has 0 radical (unpaired) electrons. The summed E-state index contributed by atoms with van der Waals surface area (Å²) in [5.74, 6) is -0.911. The monoisotopic (exact) mass is 335 g/mol. The van der Waals surface area contributed by atoms with E-state index >= 15 is 0 Å². The fraction of sp³-hybridized carbons (Fsp3) is 0.500. The molecular weight excluding hydrogens is 314 g/mol. The van der Waals surface area contributed by atoms with Crippen LogP contribution in [-0.4, -0.2) is 38.3 Å². The molecule has 0 amide bonds. The molecular formula is C16H21N3O5. The number of rotatable bonds is 5. The van der Waals surface area contributed by atoms with Crippen LogP contribution in [0.25, 0.3) is 5.65 Å². The summed E-state index contributed by atoms with van der Waals surface area (Å²) in [6.07, 6.45) is 1.44. The van der Waals surface area contributed by atoms with Crippen molar-refractivity contribution in [3.8, 4) is 0 Å². The zero-order valence-electron chi connectivity index (χ0n) is 14.2. The number of fused-ring (bicyclic) bond motifs is 1. The molecule has 0 saturated heterocycles. The second kappa shape index (κ2) is 6.86. The third-order valence-electron chi connectivity index (χ3n) is 3.04. The van der Waals surface area contributed by atoms with Crippen molar-refractivity contribution in [1.29, 1.82) is 0 Å². The lowest BCUT2D eigenvalue weighted by molar-refractivity contribution is -0.143. The lowest BCUT2D eigenvalue weighted by Crippen LogP contribution is -2.25. The Kier molecular flexibility index (Phi) is 5.06. The zero-order valence-corrected chi connectivity index (χ0v) is 14.2. The Morgan fingerprint density at radius 2 is 1.96 bits per heavy atom. The van der Waals surface area contributed by atoms with Crippen LogP contribution in [0.1, 0.15) is 44.5 Å². The van der Waals surface area contributed by atoms with E-state index in [2.05, 4.69) is 5.10 Å². The molecule has 0 atom stereocenters. The number of nitrogens with zero attached hydrogens (tertiary/aromatic N) is 3. The van der Waals surface area contributed by atoms with Crippen LogP contribution in [0.4, 0.5) is 0 Å². The molecule has 0 aromatic carbocycles. The van der Waals surface area contributed by atoms with E-state index in [0.29, 0.717) is 5.65 Å². The van der Waals surface area contributed by atoms with Gasteiger partial charge in [-0.1, -0.05) is 0 Å². The second-order valence-electron chi connectivity index (χ2n) is 6.21. The Morgan fingerprint density at radius 1 is 1.25 bits per heavy atom. The van der Waals surface area contributed by atoms with E-state index < -0.39 is 23.2 Å². The van der Waals surface area contributed by atoms with Crippen molar-refractivity contribution >= 4 is 17.6 Å². The number of aromatic nitrogens is 3. The summed E-state index contributed by atoms with van der Waals surface area (Å²) in [6, 6.07) is 3.10. The lowest BCUT2D eigenvalue weighted by Gasteiger charge is -2.19. The van der Waals surface area contributed by atoms with Crippen molar-refractivity contribution in [2.45, 2.75) is 46.3 Å². The largest absolute Gasteiger partial charge is 0.466 e. The maximum absolute atomic E-state index is 12.3. The van der Waals surface area contributed by atoms with Gasteiger partial charge in [0.1, 0.15) is 5.60 Å². The van der Waals surface area contributed by atoms with Gasteiger partial charge in [0, 0.05) is 6.20 Å². The normalized spacial score (nSPS) is 11.5. The summed E-state index contributed by atoms with van der Waals surface area (Å²) in [6.45, 7) is 7.42. The van der Waals surface area contributed by atoms with Crippen molar-refractivity contribution < 1.29 is 19.1 Å². The van der Waals surface area contributed by atoms with Gasteiger partial charge in [0.05, 0.1) is 25.1 Å². The molecule has 8 nitrogen and oxygen atoms in total. The van der Waals surface area contributed by atoms with Crippen LogP contribution in [0.2, 0.25) is 0 Å². The molecule has 2 rings (SSSR count). The highest BCUT2D eigenvalue weighted by Crippen LogP contribution is 2.12. The van der Waals surface area contributed by atoms with Gasteiger partial charge in [-0.25, -0.2) is 18.7 Å². The first kappa shape index (κ1) is 17.7. The Morgan fingerprint density at radius 3 is 2.58 bits per heavy atom. The molecule has 8 heteroatoms. The topological polar surface area (TPSA) is 91.9 Å². The number of ether oxygens (including phenoxy) is 2. The van der Waals surface area contributed by atoms with Crippen LogP contribution in [-0.2, 0) is 20.8 Å². The van der Waals surface area contributed by atoms with Crippen LogP contribution >= 0.6 is 0 Å². The molecule has 0 aliphatic rings. The van der Waals surface area contributed by atoms with E-state index in [0.717, 1.165) is 0 Å². The fourth-order valence-corrected chi connectivity index (χ4v) is 2.05. The van der Waals surface area contributed by atoms with Crippen LogP contribution in [0.5, 0.6) is 0 Å². The molecule has 0 fully saturated rings. The maximum atomic E-state index is 12.3. The van der Waals surface area contributed by atoms with Gasteiger partial charge in [-0.15, -0.1) is 5.10 Å². The highest BCUT2D eigenvalue weighted by molar-refractivity contribution is 5.89. The Labute approximate surface area is 139 Å². The number of carbonyl (C=O) groups excluding carboxylic acids is 2. The van der Waals surface area contributed by atoms with Gasteiger partial charge in [0.2, 0.25) is 0 Å². The van der Waals surface area contributed by atoms with Gasteiger partial charge < -0.3 is 9.47 Å². The van der Waals surface area contributed by atoms with Crippen LogP contribution in [0.3, 0.4) is 0 Å². The van der Waals surface area contributed by atoms with Crippen molar-refractivity contribution in [3.63, 3.8) is 0 Å². The summed E-state index contributed by atoms with van der Waals surface area (Å²) in [4.78, 5) is 35.8. The SMILES string of the molecule is CCOC(=O)CCn1nc2ccc(C(=O)OC(C)(C)C)cn2c1=O. The van der Waals surface area contributed by atoms with E-state index in [1.165, 1.54) is 15.3 Å². The van der Waals surface area contributed by atoms with Crippen molar-refractivity contribution in [1.82, 2.24) is 14.2 Å². The van der Waals surface area contributed by atoms with E-state index in [9.17, 15) is 14.4 Å². The predicted molar refractivity (Wildman–Crippen MR) is 85.9 cm³/mol. The predicted octanol–water partition coefficient (Wildman–Crippen LogP) is 1.40. The number of aryl methyl sites for hydroxylation is 1. The molecule has 2 aromatic heterocycles. The van der Waals surface area contributed by atoms with E-state index in [-0.39, 0.29) is 25.1 Å². The van der Waals surface area contributed by atoms with Crippen molar-refractivity contribution in [3.05, 3.63) is 34.4 Å². The average molecular weight is 335 g/mol. The fourth-order valence-electron chi connectivity index (χ4n) is 2.05. The average Bonchev–Trinajstić information content (AvgIpc) is 2.80. The minimum atomic E-state index is -0.624. The Balaban J connectivity index is 2.24. The number of hydrogen-bond acceptors (Lipinski definition) is 6. The van der Waals surface area contributed by atoms with Crippen LogP contribution in [0.15, 0.2) is 23.1 Å². The first-order chi connectivity index (χ1) is 11.2. The van der Waals surface area contributed by atoms with Crippen molar-refractivity contribution in [2.75, 3.05) is 6.61 Å². The summed E-state index contributed by atoms with van der Waals surface area (Å²) in [7, 11) is 0. The van der Waals surface area contributed by atoms with E-state index in [4.69, 9.17) is 9.47 Å². The summed E-state index contributed by atoms with van der Waals surface area (Å²) >= 11 is 0. The molecule has 0 aliphatic carbocycles. The van der Waals surface area contributed by atoms with Crippen LogP contribution < -0.4 is 5.69 Å². The summed E-state index contributed by atoms with van der Waals surface area (Å²) in [5.41, 5.74) is -0.416. The maximum Gasteiger partial charge on any atom is 0.350 e. The molecule has 130 valence electrons. The molecule has 0 unspecified atom stereocenters. The third-order valence-corrected chi connectivity index (χ3v) is 3.04. The number of carbonyl (C=O) groups is 2. The highest BCUT2D eigenvalue weighted by atomic mass is 16.6. The third kappa shape index (κ3) is 4.21. The van der Waals surface area contributed by atoms with Gasteiger partial charge >= 0.3 is 17.6 Å². The summed E-state index contributed by atoms with van der Waals surface area (Å²) < 4.78 is 12.5. The number of hydrogen-bond donors (Lipinski definition) is 0. The zero-order chi connectivity index (χ0) is 17.9.